The number of halogens is 1. The highest BCUT2D eigenvalue weighted by molar-refractivity contribution is 5.51. The Morgan fingerprint density at radius 3 is 3.00 bits per heavy atom. The molecule has 1 aliphatic rings. The van der Waals surface area contributed by atoms with Gasteiger partial charge in [0.1, 0.15) is 5.82 Å². The van der Waals surface area contributed by atoms with Crippen LogP contribution in [0.3, 0.4) is 0 Å². The average Bonchev–Trinajstić information content (AvgIpc) is 2.83. The van der Waals surface area contributed by atoms with Crippen LogP contribution < -0.4 is 5.32 Å². The molecule has 0 amide bonds. The number of likely N-dealkylation sites (tertiary alicyclic amines) is 1. The van der Waals surface area contributed by atoms with E-state index >= 15 is 0 Å². The van der Waals surface area contributed by atoms with E-state index in [2.05, 4.69) is 17.1 Å². The minimum Gasteiger partial charge on any atom is -0.383 e. The first-order valence-electron chi connectivity index (χ1n) is 6.53. The third kappa shape index (κ3) is 3.41. The summed E-state index contributed by atoms with van der Waals surface area (Å²) in [5, 5.41) is 13.8. The van der Waals surface area contributed by atoms with Crippen LogP contribution in [0.2, 0.25) is 0 Å². The zero-order valence-electron chi connectivity index (χ0n) is 10.9. The van der Waals surface area contributed by atoms with Gasteiger partial charge < -0.3 is 5.32 Å². The first kappa shape index (κ1) is 13.7. The van der Waals surface area contributed by atoms with E-state index < -0.39 is 10.7 Å². The van der Waals surface area contributed by atoms with Crippen LogP contribution in [0, 0.1) is 15.9 Å². The van der Waals surface area contributed by atoms with Crippen molar-refractivity contribution in [1.82, 2.24) is 4.90 Å². The maximum atomic E-state index is 13.3. The number of nitro groups is 1. The molecule has 1 saturated heterocycles. The van der Waals surface area contributed by atoms with Crippen molar-refractivity contribution in [2.75, 3.05) is 25.0 Å². The normalized spacial score (nSPS) is 19.6. The molecule has 0 saturated carbocycles. The van der Waals surface area contributed by atoms with Crippen molar-refractivity contribution in [3.05, 3.63) is 34.1 Å². The molecule has 104 valence electrons. The van der Waals surface area contributed by atoms with Crippen LogP contribution >= 0.6 is 0 Å². The SMILES string of the molecule is CCN1CCCC1CNc1cc(F)cc([N+](=O)[O-])c1. The summed E-state index contributed by atoms with van der Waals surface area (Å²) in [6.07, 6.45) is 2.28. The number of hydrogen-bond donors (Lipinski definition) is 1. The van der Waals surface area contributed by atoms with Gasteiger partial charge in [-0.2, -0.15) is 0 Å². The number of likely N-dealkylation sites (N-methyl/N-ethyl adjacent to an activating group) is 1. The molecule has 0 aromatic heterocycles. The fourth-order valence-electron chi connectivity index (χ4n) is 2.56. The van der Waals surface area contributed by atoms with E-state index in [9.17, 15) is 14.5 Å². The van der Waals surface area contributed by atoms with E-state index in [0.29, 0.717) is 18.3 Å². The van der Waals surface area contributed by atoms with E-state index in [-0.39, 0.29) is 5.69 Å². The second kappa shape index (κ2) is 5.97. The standard InChI is InChI=1S/C13H18FN3O2/c1-2-16-5-3-4-12(16)9-15-11-6-10(14)7-13(8-11)17(18)19/h6-8,12,15H,2-5,9H2,1H3. The predicted molar refractivity (Wildman–Crippen MR) is 71.8 cm³/mol. The Bertz CT molecular complexity index is 467. The highest BCUT2D eigenvalue weighted by Gasteiger charge is 2.22. The van der Waals surface area contributed by atoms with Gasteiger partial charge in [0, 0.05) is 24.3 Å². The molecule has 1 unspecified atom stereocenters. The Balaban J connectivity index is 2.01. The van der Waals surface area contributed by atoms with Crippen molar-refractivity contribution in [1.29, 1.82) is 0 Å². The molecule has 0 bridgehead atoms. The zero-order chi connectivity index (χ0) is 13.8. The number of rotatable bonds is 5. The second-order valence-corrected chi connectivity index (χ2v) is 4.76. The van der Waals surface area contributed by atoms with E-state index in [1.165, 1.54) is 18.6 Å². The smallest absolute Gasteiger partial charge is 0.274 e. The summed E-state index contributed by atoms with van der Waals surface area (Å²) in [7, 11) is 0. The van der Waals surface area contributed by atoms with Crippen molar-refractivity contribution in [2.45, 2.75) is 25.8 Å². The number of nitro benzene ring substituents is 1. The molecule has 0 aliphatic carbocycles. The number of nitrogens with zero attached hydrogens (tertiary/aromatic N) is 2. The van der Waals surface area contributed by atoms with Crippen LogP contribution in [0.1, 0.15) is 19.8 Å². The Hall–Kier alpha value is -1.69. The summed E-state index contributed by atoms with van der Waals surface area (Å²) in [4.78, 5) is 12.4. The molecule has 5 nitrogen and oxygen atoms in total. The lowest BCUT2D eigenvalue weighted by Gasteiger charge is -2.23. The van der Waals surface area contributed by atoms with Crippen LogP contribution in [0.5, 0.6) is 0 Å². The van der Waals surface area contributed by atoms with Gasteiger partial charge in [0.2, 0.25) is 0 Å². The molecule has 2 rings (SSSR count). The van der Waals surface area contributed by atoms with E-state index in [4.69, 9.17) is 0 Å². The Morgan fingerprint density at radius 2 is 2.32 bits per heavy atom. The van der Waals surface area contributed by atoms with Gasteiger partial charge in [-0.3, -0.25) is 15.0 Å². The largest absolute Gasteiger partial charge is 0.383 e. The fraction of sp³-hybridized carbons (Fsp3) is 0.538. The van der Waals surface area contributed by atoms with E-state index in [1.807, 2.05) is 0 Å². The van der Waals surface area contributed by atoms with E-state index in [0.717, 1.165) is 25.6 Å². The zero-order valence-corrected chi connectivity index (χ0v) is 10.9. The first-order chi connectivity index (χ1) is 9.10. The molecule has 0 spiro atoms. The molecule has 6 heteroatoms. The first-order valence-corrected chi connectivity index (χ1v) is 6.53. The summed E-state index contributed by atoms with van der Waals surface area (Å²) in [5.74, 6) is -0.588. The van der Waals surface area contributed by atoms with Gasteiger partial charge in [-0.1, -0.05) is 6.92 Å². The number of hydrogen-bond acceptors (Lipinski definition) is 4. The number of nitrogens with one attached hydrogen (secondary N) is 1. The lowest BCUT2D eigenvalue weighted by Crippen LogP contribution is -2.34. The van der Waals surface area contributed by atoms with Crippen molar-refractivity contribution in [2.24, 2.45) is 0 Å². The maximum Gasteiger partial charge on any atom is 0.274 e. The van der Waals surface area contributed by atoms with Crippen molar-refractivity contribution in [3.63, 3.8) is 0 Å². The van der Waals surface area contributed by atoms with Gasteiger partial charge in [-0.05, 0) is 32.0 Å². The summed E-state index contributed by atoms with van der Waals surface area (Å²) in [6.45, 7) is 4.89. The molecule has 19 heavy (non-hydrogen) atoms. The minimum absolute atomic E-state index is 0.221. The topological polar surface area (TPSA) is 58.4 Å². The fourth-order valence-corrected chi connectivity index (χ4v) is 2.56. The Kier molecular flexibility index (Phi) is 4.31. The summed E-state index contributed by atoms with van der Waals surface area (Å²) in [6, 6.07) is 4.01. The van der Waals surface area contributed by atoms with Crippen LogP contribution in [-0.4, -0.2) is 35.5 Å². The molecule has 1 aromatic rings. The summed E-state index contributed by atoms with van der Waals surface area (Å²) >= 11 is 0. The highest BCUT2D eigenvalue weighted by Crippen LogP contribution is 2.22. The van der Waals surface area contributed by atoms with Gasteiger partial charge in [0.25, 0.3) is 5.69 Å². The molecule has 1 heterocycles. The average molecular weight is 267 g/mol. The van der Waals surface area contributed by atoms with E-state index in [1.54, 1.807) is 0 Å². The maximum absolute atomic E-state index is 13.3. The second-order valence-electron chi connectivity index (χ2n) is 4.76. The molecule has 1 atom stereocenters. The number of benzene rings is 1. The van der Waals surface area contributed by atoms with Crippen LogP contribution in [0.25, 0.3) is 0 Å². The highest BCUT2D eigenvalue weighted by atomic mass is 19.1. The molecule has 1 aliphatic heterocycles. The lowest BCUT2D eigenvalue weighted by molar-refractivity contribution is -0.385. The van der Waals surface area contributed by atoms with Crippen LogP contribution in [-0.2, 0) is 0 Å². The number of anilines is 1. The third-order valence-electron chi connectivity index (χ3n) is 3.54. The summed E-state index contributed by atoms with van der Waals surface area (Å²) in [5.41, 5.74) is 0.246. The Labute approximate surface area is 111 Å². The van der Waals surface area contributed by atoms with Crippen molar-refractivity contribution in [3.8, 4) is 0 Å². The third-order valence-corrected chi connectivity index (χ3v) is 3.54. The van der Waals surface area contributed by atoms with Gasteiger partial charge in [-0.15, -0.1) is 0 Å². The Morgan fingerprint density at radius 1 is 1.53 bits per heavy atom. The van der Waals surface area contributed by atoms with Gasteiger partial charge >= 0.3 is 0 Å². The quantitative estimate of drug-likeness (QED) is 0.658. The van der Waals surface area contributed by atoms with Gasteiger partial charge in [0.15, 0.2) is 0 Å². The van der Waals surface area contributed by atoms with Crippen molar-refractivity contribution < 1.29 is 9.31 Å². The molecule has 1 fully saturated rings. The van der Waals surface area contributed by atoms with Crippen LogP contribution in [0.4, 0.5) is 15.8 Å². The molecule has 1 aromatic carbocycles. The van der Waals surface area contributed by atoms with Gasteiger partial charge in [0.05, 0.1) is 11.0 Å². The molecule has 1 N–H and O–H groups in total. The van der Waals surface area contributed by atoms with Gasteiger partial charge in [-0.25, -0.2) is 4.39 Å². The molecular weight excluding hydrogens is 249 g/mol. The number of non-ortho nitro benzene ring substituents is 1. The lowest BCUT2D eigenvalue weighted by atomic mass is 10.2. The van der Waals surface area contributed by atoms with Crippen LogP contribution in [0.15, 0.2) is 18.2 Å². The summed E-state index contributed by atoms with van der Waals surface area (Å²) < 4.78 is 13.3. The van der Waals surface area contributed by atoms with Crippen molar-refractivity contribution >= 4 is 11.4 Å². The monoisotopic (exact) mass is 267 g/mol. The minimum atomic E-state index is -0.588. The molecular formula is C13H18FN3O2. The predicted octanol–water partition coefficient (Wildman–Crippen LogP) is 2.63. The molecule has 0 radical (unpaired) electrons.